The van der Waals surface area contributed by atoms with Gasteiger partial charge in [-0.2, -0.15) is 0 Å². The Balaban J connectivity index is 2.93. The number of benzene rings is 1. The maximum atomic E-state index is 10.9. The predicted octanol–water partition coefficient (Wildman–Crippen LogP) is 2.87. The van der Waals surface area contributed by atoms with E-state index in [4.69, 9.17) is 23.2 Å². The van der Waals surface area contributed by atoms with Gasteiger partial charge in [-0.3, -0.25) is 4.21 Å². The smallest absolute Gasteiger partial charge is 0.0483 e. The molecule has 0 saturated carbocycles. The van der Waals surface area contributed by atoms with Crippen molar-refractivity contribution in [1.82, 2.24) is 0 Å². The van der Waals surface area contributed by atoms with Gasteiger partial charge in [0.15, 0.2) is 0 Å². The molecule has 0 saturated heterocycles. The molecule has 1 aromatic carbocycles. The molecule has 0 aliphatic heterocycles. The molecule has 12 heavy (non-hydrogen) atoms. The average Bonchev–Trinajstić information content (AvgIpc) is 1.81. The molecule has 0 amide bonds. The topological polar surface area (TPSA) is 17.1 Å². The number of rotatable bonds is 2. The lowest BCUT2D eigenvalue weighted by Gasteiger charge is -1.99. The van der Waals surface area contributed by atoms with Crippen LogP contribution in [-0.2, 0) is 16.6 Å². The summed E-state index contributed by atoms with van der Waals surface area (Å²) >= 11 is 11.5. The number of halogens is 2. The number of hydrogen-bond donors (Lipinski definition) is 0. The molecule has 1 aromatic rings. The third-order valence-corrected chi connectivity index (χ3v) is 2.47. The lowest BCUT2D eigenvalue weighted by molar-refractivity contribution is 0.686. The molecule has 66 valence electrons. The van der Waals surface area contributed by atoms with Crippen LogP contribution in [0.5, 0.6) is 0 Å². The molecule has 0 aliphatic rings. The van der Waals surface area contributed by atoms with E-state index in [1.165, 1.54) is 0 Å². The van der Waals surface area contributed by atoms with Crippen LogP contribution in [0.15, 0.2) is 18.2 Å². The van der Waals surface area contributed by atoms with Crippen LogP contribution in [0.2, 0.25) is 10.0 Å². The van der Waals surface area contributed by atoms with E-state index in [9.17, 15) is 4.21 Å². The summed E-state index contributed by atoms with van der Waals surface area (Å²) < 4.78 is 10.9. The first-order valence-corrected chi connectivity index (χ1v) is 5.81. The van der Waals surface area contributed by atoms with Crippen molar-refractivity contribution < 1.29 is 4.21 Å². The van der Waals surface area contributed by atoms with Gasteiger partial charge < -0.3 is 0 Å². The molecule has 0 radical (unpaired) electrons. The second-order valence-corrected chi connectivity index (χ2v) is 4.80. The summed E-state index contributed by atoms with van der Waals surface area (Å²) in [5.41, 5.74) is 0.910. The van der Waals surface area contributed by atoms with E-state index >= 15 is 0 Å². The van der Waals surface area contributed by atoms with Gasteiger partial charge in [-0.15, -0.1) is 0 Å². The highest BCUT2D eigenvalue weighted by atomic mass is 35.5. The minimum Gasteiger partial charge on any atom is -0.260 e. The maximum absolute atomic E-state index is 10.9. The molecule has 0 aromatic heterocycles. The Morgan fingerprint density at radius 3 is 2.17 bits per heavy atom. The largest absolute Gasteiger partial charge is 0.260 e. The van der Waals surface area contributed by atoms with Crippen molar-refractivity contribution in [1.29, 1.82) is 0 Å². The molecule has 1 nitrogen and oxygen atoms in total. The van der Waals surface area contributed by atoms with Crippen molar-refractivity contribution >= 4 is 34.0 Å². The summed E-state index contributed by atoms with van der Waals surface area (Å²) in [5.74, 6) is 0.500. The van der Waals surface area contributed by atoms with Gasteiger partial charge in [0, 0.05) is 32.9 Å². The fourth-order valence-electron chi connectivity index (χ4n) is 0.929. The van der Waals surface area contributed by atoms with Gasteiger partial charge in [0.2, 0.25) is 0 Å². The van der Waals surface area contributed by atoms with E-state index in [-0.39, 0.29) is 0 Å². The standard InChI is InChI=1S/C8H8Cl2OS/c1-12(11)5-6-2-7(9)4-8(10)3-6/h2-4H,5H2,1H3. The highest BCUT2D eigenvalue weighted by Gasteiger charge is 1.99. The van der Waals surface area contributed by atoms with Crippen molar-refractivity contribution in [3.05, 3.63) is 33.8 Å². The molecule has 0 spiro atoms. The lowest BCUT2D eigenvalue weighted by atomic mass is 10.2. The van der Waals surface area contributed by atoms with Crippen LogP contribution in [-0.4, -0.2) is 10.5 Å². The van der Waals surface area contributed by atoms with Crippen molar-refractivity contribution in [2.45, 2.75) is 5.75 Å². The Labute approximate surface area is 84.1 Å². The Bertz CT molecular complexity index is 292. The van der Waals surface area contributed by atoms with Crippen molar-refractivity contribution in [2.75, 3.05) is 6.26 Å². The van der Waals surface area contributed by atoms with Crippen LogP contribution < -0.4 is 0 Å². The second kappa shape index (κ2) is 4.26. The highest BCUT2D eigenvalue weighted by molar-refractivity contribution is 7.83. The molecule has 4 heteroatoms. The van der Waals surface area contributed by atoms with E-state index in [0.717, 1.165) is 5.56 Å². The van der Waals surface area contributed by atoms with E-state index in [2.05, 4.69) is 0 Å². The zero-order chi connectivity index (χ0) is 9.14. The fraction of sp³-hybridized carbons (Fsp3) is 0.250. The van der Waals surface area contributed by atoms with E-state index < -0.39 is 10.8 Å². The minimum atomic E-state index is -0.850. The Kier molecular flexibility index (Phi) is 3.56. The van der Waals surface area contributed by atoms with Crippen LogP contribution in [0.4, 0.5) is 0 Å². The SMILES string of the molecule is CS(=O)Cc1cc(Cl)cc(Cl)c1. The van der Waals surface area contributed by atoms with Crippen LogP contribution in [0.1, 0.15) is 5.56 Å². The second-order valence-electron chi connectivity index (χ2n) is 2.50. The molecule has 1 unspecified atom stereocenters. The molecule has 1 rings (SSSR count). The van der Waals surface area contributed by atoms with Crippen LogP contribution in [0, 0.1) is 0 Å². The van der Waals surface area contributed by atoms with Gasteiger partial charge in [0.05, 0.1) is 0 Å². The molecule has 0 heterocycles. The van der Waals surface area contributed by atoms with Crippen molar-refractivity contribution in [2.24, 2.45) is 0 Å². The third kappa shape index (κ3) is 3.13. The van der Waals surface area contributed by atoms with E-state index in [1.807, 2.05) is 0 Å². The van der Waals surface area contributed by atoms with Crippen LogP contribution in [0.3, 0.4) is 0 Å². The molecule has 1 atom stereocenters. The van der Waals surface area contributed by atoms with Gasteiger partial charge in [0.1, 0.15) is 0 Å². The highest BCUT2D eigenvalue weighted by Crippen LogP contribution is 2.19. The van der Waals surface area contributed by atoms with Gasteiger partial charge in [-0.25, -0.2) is 0 Å². The lowest BCUT2D eigenvalue weighted by Crippen LogP contribution is -1.91. The minimum absolute atomic E-state index is 0.500. The summed E-state index contributed by atoms with van der Waals surface area (Å²) in [6, 6.07) is 5.20. The molecular formula is C8H8Cl2OS. The summed E-state index contributed by atoms with van der Waals surface area (Å²) in [6.45, 7) is 0. The maximum Gasteiger partial charge on any atom is 0.0483 e. The van der Waals surface area contributed by atoms with Crippen molar-refractivity contribution in [3.63, 3.8) is 0 Å². The summed E-state index contributed by atoms with van der Waals surface area (Å²) in [7, 11) is -0.850. The molecule has 0 N–H and O–H groups in total. The zero-order valence-corrected chi connectivity index (χ0v) is 8.84. The first kappa shape index (κ1) is 10.0. The summed E-state index contributed by atoms with van der Waals surface area (Å²) in [4.78, 5) is 0. The summed E-state index contributed by atoms with van der Waals surface area (Å²) in [6.07, 6.45) is 1.65. The molecule has 0 fully saturated rings. The van der Waals surface area contributed by atoms with Crippen molar-refractivity contribution in [3.8, 4) is 0 Å². The van der Waals surface area contributed by atoms with E-state index in [0.29, 0.717) is 15.8 Å². The van der Waals surface area contributed by atoms with Gasteiger partial charge in [-0.1, -0.05) is 23.2 Å². The van der Waals surface area contributed by atoms with E-state index in [1.54, 1.807) is 24.5 Å². The number of hydrogen-bond acceptors (Lipinski definition) is 1. The van der Waals surface area contributed by atoms with Gasteiger partial charge in [0.25, 0.3) is 0 Å². The first-order chi connectivity index (χ1) is 5.58. The van der Waals surface area contributed by atoms with Crippen LogP contribution in [0.25, 0.3) is 0 Å². The van der Waals surface area contributed by atoms with Gasteiger partial charge >= 0.3 is 0 Å². The predicted molar refractivity (Wildman–Crippen MR) is 54.2 cm³/mol. The third-order valence-electron chi connectivity index (χ3n) is 1.29. The zero-order valence-electron chi connectivity index (χ0n) is 6.51. The average molecular weight is 223 g/mol. The Hall–Kier alpha value is -0.0500. The van der Waals surface area contributed by atoms with Crippen LogP contribution >= 0.6 is 23.2 Å². The summed E-state index contributed by atoms with van der Waals surface area (Å²) in [5, 5.41) is 1.17. The fourth-order valence-corrected chi connectivity index (χ4v) is 2.14. The molecular weight excluding hydrogens is 215 g/mol. The Morgan fingerprint density at radius 1 is 1.25 bits per heavy atom. The monoisotopic (exact) mass is 222 g/mol. The molecule has 0 aliphatic carbocycles. The Morgan fingerprint density at radius 2 is 1.75 bits per heavy atom. The molecule has 0 bridgehead atoms. The first-order valence-electron chi connectivity index (χ1n) is 3.33. The normalized spacial score (nSPS) is 12.9. The van der Waals surface area contributed by atoms with Gasteiger partial charge in [-0.05, 0) is 23.8 Å². The quantitative estimate of drug-likeness (QED) is 0.753.